The number of nitriles is 1. The van der Waals surface area contributed by atoms with Gasteiger partial charge in [-0.15, -0.1) is 0 Å². The molecule has 0 bridgehead atoms. The lowest BCUT2D eigenvalue weighted by atomic mass is 10.0. The van der Waals surface area contributed by atoms with Gasteiger partial charge in [0, 0.05) is 43.9 Å². The van der Waals surface area contributed by atoms with E-state index < -0.39 is 5.97 Å². The number of hydrogen-bond donors (Lipinski definition) is 4. The van der Waals surface area contributed by atoms with Crippen molar-refractivity contribution < 1.29 is 14.7 Å². The highest BCUT2D eigenvalue weighted by Crippen LogP contribution is 2.36. The molecule has 5 heterocycles. The minimum absolute atomic E-state index is 0.0425. The summed E-state index contributed by atoms with van der Waals surface area (Å²) in [5, 5.41) is 30.4. The molecule has 0 radical (unpaired) electrons. The number of piperidine rings is 1. The number of carboxylic acid groups (broad SMARTS) is 1. The number of rotatable bonds is 8. The van der Waals surface area contributed by atoms with Crippen LogP contribution >= 0.6 is 0 Å². The zero-order valence-corrected chi connectivity index (χ0v) is 26.0. The number of aromatic carboxylic acids is 1. The molecule has 48 heavy (non-hydrogen) atoms. The Labute approximate surface area is 276 Å². The highest BCUT2D eigenvalue weighted by Gasteiger charge is 2.25. The molecule has 4 aromatic heterocycles. The number of aromatic amines is 1. The van der Waals surface area contributed by atoms with Crippen molar-refractivity contribution in [3.63, 3.8) is 0 Å². The second-order valence-corrected chi connectivity index (χ2v) is 11.5. The third kappa shape index (κ3) is 7.41. The third-order valence-electron chi connectivity index (χ3n) is 7.97. The average Bonchev–Trinajstić information content (AvgIpc) is 3.87. The lowest BCUT2D eigenvalue weighted by Crippen LogP contribution is -2.43. The van der Waals surface area contributed by atoms with E-state index in [0.29, 0.717) is 47.5 Å². The first-order chi connectivity index (χ1) is 23.4. The standard InChI is InChI=1S/C24H24N8O.C11H10N2O2/c25-9-17-10-27-23-21(22(17)31-8-4-7-19(26)15-31)20(12-28-23)30-24(33)18-11-29-32(14-18)13-16-5-2-1-3-6-16;14-11(15)10-6-12-13(8-10)7-9-4-2-1-3-5-9/h1-3,5-6,10-12,14,19H,4,7-8,13,15,26H2,(H,27,28)(H,30,33);1-6,8H,7H2,(H,14,15)/t19-;/m1./s1. The fraction of sp³-hybridized carbons (Fsp3) is 0.200. The summed E-state index contributed by atoms with van der Waals surface area (Å²) in [6.07, 6.45) is 11.3. The number of nitrogens with two attached hydrogens (primary N) is 1. The number of carbonyl (C=O) groups is 2. The summed E-state index contributed by atoms with van der Waals surface area (Å²) < 4.78 is 3.34. The van der Waals surface area contributed by atoms with E-state index in [1.54, 1.807) is 34.2 Å². The second-order valence-electron chi connectivity index (χ2n) is 11.5. The van der Waals surface area contributed by atoms with Crippen molar-refractivity contribution in [3.8, 4) is 6.07 Å². The zero-order valence-electron chi connectivity index (χ0n) is 26.0. The van der Waals surface area contributed by atoms with Gasteiger partial charge in [-0.2, -0.15) is 15.5 Å². The number of nitrogens with one attached hydrogen (secondary N) is 2. The maximum Gasteiger partial charge on any atom is 0.338 e. The van der Waals surface area contributed by atoms with Crippen molar-refractivity contribution in [2.24, 2.45) is 5.73 Å². The lowest BCUT2D eigenvalue weighted by molar-refractivity contribution is 0.0696. The molecule has 1 aliphatic rings. The molecule has 7 rings (SSSR count). The molecule has 1 atom stereocenters. The summed E-state index contributed by atoms with van der Waals surface area (Å²) in [5.74, 6) is -1.23. The van der Waals surface area contributed by atoms with Crippen molar-refractivity contribution >= 4 is 34.3 Å². The molecular weight excluding hydrogens is 608 g/mol. The Balaban J connectivity index is 0.000000223. The minimum Gasteiger partial charge on any atom is -0.478 e. The maximum atomic E-state index is 13.0. The largest absolute Gasteiger partial charge is 0.478 e. The molecule has 1 fully saturated rings. The quantitative estimate of drug-likeness (QED) is 0.186. The smallest absolute Gasteiger partial charge is 0.338 e. The summed E-state index contributed by atoms with van der Waals surface area (Å²) in [5.41, 5.74) is 11.5. The van der Waals surface area contributed by atoms with E-state index in [4.69, 9.17) is 10.8 Å². The number of carbonyl (C=O) groups excluding carboxylic acids is 1. The van der Waals surface area contributed by atoms with Crippen LogP contribution in [0.3, 0.4) is 0 Å². The Morgan fingerprint density at radius 3 is 2.17 bits per heavy atom. The first-order valence-electron chi connectivity index (χ1n) is 15.5. The molecule has 0 aliphatic carbocycles. The summed E-state index contributed by atoms with van der Waals surface area (Å²) in [6, 6.07) is 22.0. The van der Waals surface area contributed by atoms with Gasteiger partial charge in [0.15, 0.2) is 0 Å². The van der Waals surface area contributed by atoms with E-state index >= 15 is 0 Å². The Morgan fingerprint density at radius 2 is 1.58 bits per heavy atom. The topological polar surface area (TPSA) is 184 Å². The molecule has 5 N–H and O–H groups in total. The molecule has 0 saturated carbocycles. The molecule has 6 aromatic rings. The van der Waals surface area contributed by atoms with Gasteiger partial charge in [0.2, 0.25) is 0 Å². The molecule has 0 spiro atoms. The molecule has 2 aromatic carbocycles. The Morgan fingerprint density at radius 1 is 0.958 bits per heavy atom. The number of hydrogen-bond acceptors (Lipinski definition) is 8. The second kappa shape index (κ2) is 14.4. The van der Waals surface area contributed by atoms with Gasteiger partial charge in [-0.1, -0.05) is 60.7 Å². The van der Waals surface area contributed by atoms with E-state index in [1.807, 2.05) is 60.7 Å². The van der Waals surface area contributed by atoms with E-state index in [1.165, 1.54) is 12.4 Å². The summed E-state index contributed by atoms with van der Waals surface area (Å²) in [4.78, 5) is 33.2. The van der Waals surface area contributed by atoms with E-state index in [-0.39, 0.29) is 17.5 Å². The van der Waals surface area contributed by atoms with E-state index in [2.05, 4.69) is 36.5 Å². The van der Waals surface area contributed by atoms with Crippen LogP contribution in [0.1, 0.15) is 50.2 Å². The van der Waals surface area contributed by atoms with Crippen LogP contribution in [0.2, 0.25) is 0 Å². The van der Waals surface area contributed by atoms with Gasteiger partial charge in [-0.25, -0.2) is 9.78 Å². The SMILES string of the molecule is N#Cc1cnc2[nH]cc(NC(=O)c3cnn(Cc4ccccc4)c3)c2c1N1CCC[C@@H](N)C1.O=C(O)c1cnn(Cc2ccccc2)c1. The predicted octanol–water partition coefficient (Wildman–Crippen LogP) is 4.49. The van der Waals surface area contributed by atoms with Crippen LogP contribution in [0.25, 0.3) is 11.0 Å². The Hall–Kier alpha value is -6.26. The van der Waals surface area contributed by atoms with E-state index in [0.717, 1.165) is 36.2 Å². The van der Waals surface area contributed by atoms with Gasteiger partial charge < -0.3 is 26.0 Å². The fourth-order valence-electron chi connectivity index (χ4n) is 5.66. The first kappa shape index (κ1) is 31.7. The molecule has 242 valence electrons. The van der Waals surface area contributed by atoms with Gasteiger partial charge in [-0.3, -0.25) is 14.2 Å². The fourth-order valence-corrected chi connectivity index (χ4v) is 5.66. The molecule has 13 heteroatoms. The Bertz CT molecular complexity index is 2060. The van der Waals surface area contributed by atoms with Crippen molar-refractivity contribution in [2.75, 3.05) is 23.3 Å². The number of fused-ring (bicyclic) bond motifs is 1. The number of benzene rings is 2. The van der Waals surface area contributed by atoms with Gasteiger partial charge in [0.05, 0.1) is 58.9 Å². The average molecular weight is 643 g/mol. The number of amides is 1. The molecule has 1 aliphatic heterocycles. The molecule has 0 unspecified atom stereocenters. The third-order valence-corrected chi connectivity index (χ3v) is 7.97. The number of carboxylic acids is 1. The minimum atomic E-state index is -0.950. The van der Waals surface area contributed by atoms with E-state index in [9.17, 15) is 14.9 Å². The molecule has 1 amide bonds. The number of anilines is 2. The van der Waals surface area contributed by atoms with Crippen LogP contribution in [0.4, 0.5) is 11.4 Å². The van der Waals surface area contributed by atoms with Crippen LogP contribution in [-0.2, 0) is 13.1 Å². The van der Waals surface area contributed by atoms with Crippen molar-refractivity contribution in [1.82, 2.24) is 29.5 Å². The first-order valence-corrected chi connectivity index (χ1v) is 15.5. The Kier molecular flexibility index (Phi) is 9.54. The lowest BCUT2D eigenvalue weighted by Gasteiger charge is -2.33. The van der Waals surface area contributed by atoms with Crippen molar-refractivity contribution in [1.29, 1.82) is 5.26 Å². The van der Waals surface area contributed by atoms with Crippen LogP contribution < -0.4 is 16.0 Å². The highest BCUT2D eigenvalue weighted by molar-refractivity contribution is 6.11. The summed E-state index contributed by atoms with van der Waals surface area (Å²) in [6.45, 7) is 2.62. The predicted molar refractivity (Wildman–Crippen MR) is 181 cm³/mol. The van der Waals surface area contributed by atoms with Crippen LogP contribution in [-0.4, -0.2) is 65.6 Å². The molecule has 13 nitrogen and oxygen atoms in total. The van der Waals surface area contributed by atoms with Gasteiger partial charge in [-0.05, 0) is 24.0 Å². The van der Waals surface area contributed by atoms with Gasteiger partial charge in [0.25, 0.3) is 5.91 Å². The maximum absolute atomic E-state index is 13.0. The van der Waals surface area contributed by atoms with Crippen molar-refractivity contribution in [2.45, 2.75) is 32.0 Å². The number of aromatic nitrogens is 6. The summed E-state index contributed by atoms with van der Waals surface area (Å²) in [7, 11) is 0. The van der Waals surface area contributed by atoms with Crippen LogP contribution in [0, 0.1) is 11.3 Å². The number of nitrogens with zero attached hydrogens (tertiary/aromatic N) is 7. The highest BCUT2D eigenvalue weighted by atomic mass is 16.4. The summed E-state index contributed by atoms with van der Waals surface area (Å²) >= 11 is 0. The molecule has 1 saturated heterocycles. The zero-order chi connectivity index (χ0) is 33.5. The number of pyridine rings is 1. The monoisotopic (exact) mass is 642 g/mol. The van der Waals surface area contributed by atoms with Gasteiger partial charge >= 0.3 is 5.97 Å². The van der Waals surface area contributed by atoms with Crippen LogP contribution in [0.15, 0.2) is 97.8 Å². The normalized spacial score (nSPS) is 14.2. The van der Waals surface area contributed by atoms with Crippen molar-refractivity contribution in [3.05, 3.63) is 126 Å². The van der Waals surface area contributed by atoms with Crippen LogP contribution in [0.5, 0.6) is 0 Å². The number of H-pyrrole nitrogens is 1. The molecular formula is C35H34N10O3. The van der Waals surface area contributed by atoms with Gasteiger partial charge in [0.1, 0.15) is 11.7 Å².